The van der Waals surface area contributed by atoms with Gasteiger partial charge in [0.15, 0.2) is 0 Å². The number of hydrogen-bond donors (Lipinski definition) is 1. The second-order valence-corrected chi connectivity index (χ2v) is 5.61. The molecule has 0 aliphatic carbocycles. The number of hydrogen-bond acceptors (Lipinski definition) is 4. The Kier molecular flexibility index (Phi) is 4.36. The third-order valence-electron chi connectivity index (χ3n) is 2.03. The van der Waals surface area contributed by atoms with Crippen LogP contribution in [-0.4, -0.2) is 27.2 Å². The summed E-state index contributed by atoms with van der Waals surface area (Å²) in [5, 5.41) is 0.133. The van der Waals surface area contributed by atoms with E-state index < -0.39 is 16.0 Å². The summed E-state index contributed by atoms with van der Waals surface area (Å²) in [6, 6.07) is 4.22. The fourth-order valence-electron chi connectivity index (χ4n) is 1.11. The predicted molar refractivity (Wildman–Crippen MR) is 65.9 cm³/mol. The van der Waals surface area contributed by atoms with Crippen molar-refractivity contribution in [1.82, 2.24) is 0 Å². The van der Waals surface area contributed by atoms with Gasteiger partial charge in [0.05, 0.1) is 23.4 Å². The molecule has 0 heterocycles. The van der Waals surface area contributed by atoms with E-state index >= 15 is 0 Å². The van der Waals surface area contributed by atoms with Crippen LogP contribution < -0.4 is 4.72 Å². The second-order valence-electron chi connectivity index (χ2n) is 3.19. The van der Waals surface area contributed by atoms with Crippen LogP contribution in [0.15, 0.2) is 18.2 Å². The Hall–Kier alpha value is -1.27. The molecule has 0 aromatic heterocycles. The molecule has 0 aliphatic heterocycles. The number of anilines is 1. The minimum Gasteiger partial charge on any atom is -0.465 e. The highest BCUT2D eigenvalue weighted by Gasteiger charge is 2.13. The lowest BCUT2D eigenvalue weighted by Gasteiger charge is -2.08. The molecule has 0 saturated heterocycles. The van der Waals surface area contributed by atoms with E-state index in [4.69, 9.17) is 11.6 Å². The van der Waals surface area contributed by atoms with Crippen molar-refractivity contribution in [1.29, 1.82) is 0 Å². The zero-order chi connectivity index (χ0) is 13.1. The number of carbonyl (C=O) groups excluding carboxylic acids is 1. The van der Waals surface area contributed by atoms with Crippen molar-refractivity contribution in [3.8, 4) is 0 Å². The van der Waals surface area contributed by atoms with Crippen LogP contribution in [0.4, 0.5) is 5.69 Å². The minimum absolute atomic E-state index is 0.0383. The van der Waals surface area contributed by atoms with Gasteiger partial charge in [0, 0.05) is 5.69 Å². The molecule has 7 heteroatoms. The summed E-state index contributed by atoms with van der Waals surface area (Å²) in [5.41, 5.74) is 0.498. The lowest BCUT2D eigenvalue weighted by Crippen LogP contribution is -2.14. The van der Waals surface area contributed by atoms with Crippen LogP contribution in [-0.2, 0) is 14.8 Å². The number of carbonyl (C=O) groups is 1. The highest BCUT2D eigenvalue weighted by Crippen LogP contribution is 2.22. The number of halogens is 1. The number of ether oxygens (including phenoxy) is 1. The van der Waals surface area contributed by atoms with Crippen LogP contribution in [0.1, 0.15) is 17.3 Å². The van der Waals surface area contributed by atoms with Crippen LogP contribution >= 0.6 is 11.6 Å². The molecule has 0 atom stereocenters. The molecule has 1 aromatic rings. The van der Waals surface area contributed by atoms with Gasteiger partial charge in [0.25, 0.3) is 0 Å². The minimum atomic E-state index is -3.35. The van der Waals surface area contributed by atoms with Crippen molar-refractivity contribution < 1.29 is 17.9 Å². The van der Waals surface area contributed by atoms with E-state index in [1.807, 2.05) is 0 Å². The standard InChI is InChI=1S/C10H12ClNO4S/c1-3-17(14,15)12-7-4-5-8(9(11)6-7)10(13)16-2/h4-6,12H,3H2,1-2H3. The highest BCUT2D eigenvalue weighted by atomic mass is 35.5. The van der Waals surface area contributed by atoms with E-state index in [0.717, 1.165) is 0 Å². The molecule has 1 rings (SSSR count). The molecular weight excluding hydrogens is 266 g/mol. The zero-order valence-electron chi connectivity index (χ0n) is 9.36. The quantitative estimate of drug-likeness (QED) is 0.853. The van der Waals surface area contributed by atoms with Gasteiger partial charge in [-0.3, -0.25) is 4.72 Å². The number of nitrogens with one attached hydrogen (secondary N) is 1. The molecule has 0 fully saturated rings. The first-order valence-corrected chi connectivity index (χ1v) is 6.81. The number of esters is 1. The van der Waals surface area contributed by atoms with Gasteiger partial charge in [0.2, 0.25) is 10.0 Å². The van der Waals surface area contributed by atoms with E-state index in [2.05, 4.69) is 9.46 Å². The Bertz CT molecular complexity index is 527. The van der Waals surface area contributed by atoms with E-state index in [1.165, 1.54) is 32.2 Å². The molecule has 1 N–H and O–H groups in total. The Morgan fingerprint density at radius 1 is 1.47 bits per heavy atom. The van der Waals surface area contributed by atoms with Gasteiger partial charge in [-0.2, -0.15) is 0 Å². The average molecular weight is 278 g/mol. The first kappa shape index (κ1) is 13.8. The Morgan fingerprint density at radius 2 is 2.12 bits per heavy atom. The molecule has 0 unspecified atom stereocenters. The topological polar surface area (TPSA) is 72.5 Å². The van der Waals surface area contributed by atoms with Crippen LogP contribution in [0.5, 0.6) is 0 Å². The summed E-state index contributed by atoms with van der Waals surface area (Å²) in [4.78, 5) is 11.2. The molecular formula is C10H12ClNO4S. The van der Waals surface area contributed by atoms with E-state index in [-0.39, 0.29) is 16.3 Å². The van der Waals surface area contributed by atoms with E-state index in [9.17, 15) is 13.2 Å². The fraction of sp³-hybridized carbons (Fsp3) is 0.300. The third kappa shape index (κ3) is 3.61. The lowest BCUT2D eigenvalue weighted by atomic mass is 10.2. The molecule has 5 nitrogen and oxygen atoms in total. The van der Waals surface area contributed by atoms with Crippen molar-refractivity contribution in [3.63, 3.8) is 0 Å². The van der Waals surface area contributed by atoms with Crippen molar-refractivity contribution in [2.45, 2.75) is 6.92 Å². The largest absolute Gasteiger partial charge is 0.465 e. The predicted octanol–water partition coefficient (Wildman–Crippen LogP) is 1.89. The Labute approximate surface area is 105 Å². The second kappa shape index (κ2) is 5.37. The normalized spacial score (nSPS) is 11.0. The maximum Gasteiger partial charge on any atom is 0.339 e. The van der Waals surface area contributed by atoms with Gasteiger partial charge >= 0.3 is 5.97 Å². The number of methoxy groups -OCH3 is 1. The molecule has 0 bridgehead atoms. The van der Waals surface area contributed by atoms with Crippen LogP contribution in [0.2, 0.25) is 5.02 Å². The Balaban J connectivity index is 3.01. The SMILES string of the molecule is CCS(=O)(=O)Nc1ccc(C(=O)OC)c(Cl)c1. The summed E-state index contributed by atoms with van der Waals surface area (Å²) < 4.78 is 29.5. The molecule has 0 saturated carbocycles. The summed E-state index contributed by atoms with van der Waals surface area (Å²) in [6.45, 7) is 1.52. The molecule has 0 amide bonds. The van der Waals surface area contributed by atoms with E-state index in [1.54, 1.807) is 0 Å². The Morgan fingerprint density at radius 3 is 2.59 bits per heavy atom. The number of sulfonamides is 1. The van der Waals surface area contributed by atoms with Crippen molar-refractivity contribution in [2.75, 3.05) is 17.6 Å². The summed E-state index contributed by atoms with van der Waals surface area (Å²) in [6.07, 6.45) is 0. The van der Waals surface area contributed by atoms with Crippen LogP contribution in [0.25, 0.3) is 0 Å². The van der Waals surface area contributed by atoms with Gasteiger partial charge in [-0.05, 0) is 25.1 Å². The molecule has 94 valence electrons. The van der Waals surface area contributed by atoms with Gasteiger partial charge in [-0.25, -0.2) is 13.2 Å². The molecule has 1 aromatic carbocycles. The van der Waals surface area contributed by atoms with Crippen molar-refractivity contribution >= 4 is 33.3 Å². The van der Waals surface area contributed by atoms with Gasteiger partial charge in [-0.15, -0.1) is 0 Å². The molecule has 0 radical (unpaired) electrons. The highest BCUT2D eigenvalue weighted by molar-refractivity contribution is 7.92. The molecule has 17 heavy (non-hydrogen) atoms. The third-order valence-corrected chi connectivity index (χ3v) is 3.65. The van der Waals surface area contributed by atoms with Crippen molar-refractivity contribution in [3.05, 3.63) is 28.8 Å². The monoisotopic (exact) mass is 277 g/mol. The van der Waals surface area contributed by atoms with Gasteiger partial charge in [-0.1, -0.05) is 11.6 Å². The first-order valence-electron chi connectivity index (χ1n) is 4.78. The first-order chi connectivity index (χ1) is 7.89. The summed E-state index contributed by atoms with van der Waals surface area (Å²) in [7, 11) is -2.11. The zero-order valence-corrected chi connectivity index (χ0v) is 10.9. The maximum atomic E-state index is 11.3. The van der Waals surface area contributed by atoms with Gasteiger partial charge < -0.3 is 4.74 Å². The van der Waals surface area contributed by atoms with Gasteiger partial charge in [0.1, 0.15) is 0 Å². The molecule has 0 aliphatic rings. The van der Waals surface area contributed by atoms with Crippen LogP contribution in [0, 0.1) is 0 Å². The smallest absolute Gasteiger partial charge is 0.339 e. The number of benzene rings is 1. The lowest BCUT2D eigenvalue weighted by molar-refractivity contribution is 0.0601. The van der Waals surface area contributed by atoms with Crippen molar-refractivity contribution in [2.24, 2.45) is 0 Å². The average Bonchev–Trinajstić information content (AvgIpc) is 2.28. The number of rotatable bonds is 4. The van der Waals surface area contributed by atoms with E-state index in [0.29, 0.717) is 5.69 Å². The van der Waals surface area contributed by atoms with Crippen LogP contribution in [0.3, 0.4) is 0 Å². The maximum absolute atomic E-state index is 11.3. The fourth-order valence-corrected chi connectivity index (χ4v) is 1.99. The summed E-state index contributed by atoms with van der Waals surface area (Å²) in [5.74, 6) is -0.608. The molecule has 0 spiro atoms. The summed E-state index contributed by atoms with van der Waals surface area (Å²) >= 11 is 5.84.